The zero-order valence-electron chi connectivity index (χ0n) is 12.2. The molecule has 0 saturated heterocycles. The van der Waals surface area contributed by atoms with Crippen LogP contribution >= 0.6 is 0 Å². The summed E-state index contributed by atoms with van der Waals surface area (Å²) in [6.07, 6.45) is 12.2. The molecule has 19 heavy (non-hydrogen) atoms. The van der Waals surface area contributed by atoms with Gasteiger partial charge in [0.2, 0.25) is 0 Å². The van der Waals surface area contributed by atoms with Crippen LogP contribution in [0, 0.1) is 10.7 Å². The van der Waals surface area contributed by atoms with Crippen LogP contribution in [0.25, 0.3) is 0 Å². The van der Waals surface area contributed by atoms with E-state index >= 15 is 0 Å². The van der Waals surface area contributed by atoms with Gasteiger partial charge in [-0.2, -0.15) is 0 Å². The van der Waals surface area contributed by atoms with Crippen molar-refractivity contribution in [2.45, 2.75) is 64.7 Å². The normalized spacial score (nSPS) is 9.95. The van der Waals surface area contributed by atoms with Crippen molar-refractivity contribution in [2.24, 2.45) is 0 Å². The fraction of sp³-hybridized carbons (Fsp3) is 0.556. The van der Waals surface area contributed by atoms with Gasteiger partial charge in [0, 0.05) is 0 Å². The van der Waals surface area contributed by atoms with Crippen molar-refractivity contribution in [3.05, 3.63) is 30.3 Å². The first-order valence-corrected chi connectivity index (χ1v) is 9.34. The van der Waals surface area contributed by atoms with E-state index in [1.54, 1.807) is 0 Å². The van der Waals surface area contributed by atoms with Gasteiger partial charge in [-0.25, -0.2) is 0 Å². The Morgan fingerprint density at radius 3 is 2.16 bits per heavy atom. The molecule has 0 amide bonds. The van der Waals surface area contributed by atoms with Crippen molar-refractivity contribution in [3.63, 3.8) is 0 Å². The van der Waals surface area contributed by atoms with Gasteiger partial charge in [0.15, 0.2) is 0 Å². The molecule has 0 heterocycles. The van der Waals surface area contributed by atoms with E-state index in [-0.39, 0.29) is 0 Å². The summed E-state index contributed by atoms with van der Waals surface area (Å²) in [5.41, 5.74) is 0. The predicted molar refractivity (Wildman–Crippen MR) is 86.8 cm³/mol. The minimum atomic E-state index is 0.349. The molecule has 0 aliphatic rings. The third-order valence-electron chi connectivity index (χ3n) is 3.14. The second-order valence-electron chi connectivity index (χ2n) is 4.92. The molecule has 1 aromatic carbocycles. The SMILES string of the molecule is CCCCCCCCCCC#C[Se]c1ccccc1. The van der Waals surface area contributed by atoms with Gasteiger partial charge in [-0.05, 0) is 0 Å². The number of hydrogen-bond acceptors (Lipinski definition) is 0. The zero-order chi connectivity index (χ0) is 13.6. The van der Waals surface area contributed by atoms with E-state index < -0.39 is 0 Å². The zero-order valence-corrected chi connectivity index (χ0v) is 13.9. The Bertz CT molecular complexity index is 358. The Labute approximate surface area is 125 Å². The fourth-order valence-electron chi connectivity index (χ4n) is 1.98. The molecule has 0 unspecified atom stereocenters. The summed E-state index contributed by atoms with van der Waals surface area (Å²) in [5.74, 6) is 3.32. The molecule has 0 N–H and O–H groups in total. The van der Waals surface area contributed by atoms with E-state index in [0.29, 0.717) is 15.0 Å². The van der Waals surface area contributed by atoms with Crippen LogP contribution < -0.4 is 4.46 Å². The maximum atomic E-state index is 3.33. The summed E-state index contributed by atoms with van der Waals surface area (Å²) in [6.45, 7) is 2.27. The Balaban J connectivity index is 1.91. The molecule has 0 spiro atoms. The third kappa shape index (κ3) is 9.83. The summed E-state index contributed by atoms with van der Waals surface area (Å²) in [4.78, 5) is 3.33. The Morgan fingerprint density at radius 2 is 1.47 bits per heavy atom. The van der Waals surface area contributed by atoms with Crippen molar-refractivity contribution in [1.29, 1.82) is 0 Å². The van der Waals surface area contributed by atoms with Crippen molar-refractivity contribution in [1.82, 2.24) is 0 Å². The van der Waals surface area contributed by atoms with Gasteiger partial charge in [-0.15, -0.1) is 0 Å². The van der Waals surface area contributed by atoms with Crippen LogP contribution in [0.5, 0.6) is 0 Å². The average Bonchev–Trinajstić information content (AvgIpc) is 2.46. The van der Waals surface area contributed by atoms with Crippen molar-refractivity contribution < 1.29 is 0 Å². The van der Waals surface area contributed by atoms with E-state index in [1.807, 2.05) is 0 Å². The quantitative estimate of drug-likeness (QED) is 0.357. The minimum absolute atomic E-state index is 0.349. The Hall–Kier alpha value is -0.701. The molecule has 0 nitrogen and oxygen atoms in total. The van der Waals surface area contributed by atoms with Crippen molar-refractivity contribution in [3.8, 4) is 10.7 Å². The molecule has 0 radical (unpaired) electrons. The van der Waals surface area contributed by atoms with E-state index in [9.17, 15) is 0 Å². The van der Waals surface area contributed by atoms with Gasteiger partial charge in [0.05, 0.1) is 0 Å². The second kappa shape index (κ2) is 12.3. The Morgan fingerprint density at radius 1 is 0.842 bits per heavy atom. The standard InChI is InChI=1S/C18H26Se/c1-2-3-4-5-6-7-8-9-10-14-17-19-18-15-12-11-13-16-18/h11-13,15-16H,2-10H2,1H3. The van der Waals surface area contributed by atoms with Gasteiger partial charge in [0.25, 0.3) is 0 Å². The molecule has 1 rings (SSSR count). The summed E-state index contributed by atoms with van der Waals surface area (Å²) in [5, 5.41) is 0. The molecule has 0 aliphatic heterocycles. The molecule has 0 aromatic heterocycles. The molecular formula is C18H26Se. The van der Waals surface area contributed by atoms with Gasteiger partial charge in [-0.3, -0.25) is 0 Å². The molecule has 0 bridgehead atoms. The van der Waals surface area contributed by atoms with Crippen molar-refractivity contribution >= 4 is 19.4 Å². The molecule has 104 valence electrons. The van der Waals surface area contributed by atoms with E-state index in [0.717, 1.165) is 6.42 Å². The number of hydrogen-bond donors (Lipinski definition) is 0. The summed E-state index contributed by atoms with van der Waals surface area (Å²) < 4.78 is 1.39. The molecular weight excluding hydrogens is 295 g/mol. The first-order chi connectivity index (χ1) is 9.43. The molecule has 0 aliphatic carbocycles. The number of unbranched alkanes of at least 4 members (excludes halogenated alkanes) is 8. The van der Waals surface area contributed by atoms with Crippen molar-refractivity contribution in [2.75, 3.05) is 0 Å². The molecule has 0 saturated carbocycles. The van der Waals surface area contributed by atoms with Gasteiger partial charge in [0.1, 0.15) is 0 Å². The number of rotatable bonds is 9. The summed E-state index contributed by atoms with van der Waals surface area (Å²) in [7, 11) is 0. The van der Waals surface area contributed by atoms with E-state index in [4.69, 9.17) is 0 Å². The van der Waals surface area contributed by atoms with Crippen LogP contribution in [-0.4, -0.2) is 15.0 Å². The van der Waals surface area contributed by atoms with Crippen LogP contribution in [-0.2, 0) is 0 Å². The molecule has 1 aromatic rings. The predicted octanol–water partition coefficient (Wildman–Crippen LogP) is 4.51. The van der Waals surface area contributed by atoms with Crippen LogP contribution in [0.4, 0.5) is 0 Å². The second-order valence-corrected chi connectivity index (χ2v) is 6.76. The van der Waals surface area contributed by atoms with Crippen LogP contribution in [0.3, 0.4) is 0 Å². The van der Waals surface area contributed by atoms with Crippen LogP contribution in [0.15, 0.2) is 30.3 Å². The van der Waals surface area contributed by atoms with Crippen LogP contribution in [0.2, 0.25) is 0 Å². The molecule has 0 atom stereocenters. The fourth-order valence-corrected chi connectivity index (χ4v) is 3.21. The maximum absolute atomic E-state index is 3.33. The topological polar surface area (TPSA) is 0 Å². The molecule has 0 fully saturated rings. The first-order valence-electron chi connectivity index (χ1n) is 7.63. The van der Waals surface area contributed by atoms with Crippen LogP contribution in [0.1, 0.15) is 64.7 Å². The van der Waals surface area contributed by atoms with Gasteiger partial charge >= 0.3 is 125 Å². The first kappa shape index (κ1) is 16.4. The third-order valence-corrected chi connectivity index (χ3v) is 4.72. The molecule has 1 heteroatoms. The van der Waals surface area contributed by atoms with E-state index in [1.165, 1.54) is 55.8 Å². The van der Waals surface area contributed by atoms with Gasteiger partial charge < -0.3 is 0 Å². The summed E-state index contributed by atoms with van der Waals surface area (Å²) >= 11 is 0.349. The number of benzene rings is 1. The monoisotopic (exact) mass is 322 g/mol. The summed E-state index contributed by atoms with van der Waals surface area (Å²) in [6, 6.07) is 10.6. The van der Waals surface area contributed by atoms with E-state index in [2.05, 4.69) is 48.0 Å². The average molecular weight is 321 g/mol. The Kier molecular flexibility index (Phi) is 10.6. The van der Waals surface area contributed by atoms with Gasteiger partial charge in [-0.1, -0.05) is 0 Å².